The molecule has 1 fully saturated rings. The van der Waals surface area contributed by atoms with Crippen LogP contribution < -0.4 is 4.57 Å². The highest BCUT2D eigenvalue weighted by Crippen LogP contribution is 2.57. The van der Waals surface area contributed by atoms with E-state index in [1.54, 1.807) is 0 Å². The minimum Gasteiger partial charge on any atom is -0.257 e. The van der Waals surface area contributed by atoms with E-state index in [4.69, 9.17) is 4.98 Å². The number of nitrogens with zero attached hydrogens (tertiary/aromatic N) is 2. The molecule has 1 spiro atoms. The van der Waals surface area contributed by atoms with Crippen molar-refractivity contribution < 1.29 is 4.57 Å². The maximum absolute atomic E-state index is 5.11. The van der Waals surface area contributed by atoms with Crippen molar-refractivity contribution in [3.05, 3.63) is 94.9 Å². The molecule has 2 aromatic carbocycles. The zero-order valence-corrected chi connectivity index (χ0v) is 20.1. The normalized spacial score (nSPS) is 15.6. The molecule has 0 amide bonds. The third-order valence-corrected chi connectivity index (χ3v) is 7.96. The molecule has 33 heavy (non-hydrogen) atoms. The quantitative estimate of drug-likeness (QED) is 0.312. The van der Waals surface area contributed by atoms with Crippen molar-refractivity contribution in [2.24, 2.45) is 7.05 Å². The van der Waals surface area contributed by atoms with Crippen LogP contribution in [0.2, 0.25) is 0 Å². The van der Waals surface area contributed by atoms with Crippen LogP contribution in [0.4, 0.5) is 0 Å². The van der Waals surface area contributed by atoms with E-state index in [2.05, 4.69) is 99.2 Å². The van der Waals surface area contributed by atoms with E-state index in [-0.39, 0.29) is 5.41 Å². The second-order valence-corrected chi connectivity index (χ2v) is 10.1. The molecule has 0 atom stereocenters. The van der Waals surface area contributed by atoms with Crippen molar-refractivity contribution >= 4 is 0 Å². The Balaban J connectivity index is 1.54. The van der Waals surface area contributed by atoms with E-state index in [0.717, 1.165) is 5.69 Å². The van der Waals surface area contributed by atoms with E-state index >= 15 is 0 Å². The number of rotatable bonds is 2. The topological polar surface area (TPSA) is 16.8 Å². The SMILES string of the molecule is Cc1ccc2c(n1)C1(CCCC1)c1cc(-c3cc(C)c(-c4ccccc4)c[n+]3C)c(C)cc1-2. The molecule has 0 saturated heterocycles. The Bertz CT molecular complexity index is 1390. The zero-order valence-electron chi connectivity index (χ0n) is 20.1. The van der Waals surface area contributed by atoms with Gasteiger partial charge < -0.3 is 0 Å². The summed E-state index contributed by atoms with van der Waals surface area (Å²) in [4.78, 5) is 5.11. The molecule has 2 heteroatoms. The van der Waals surface area contributed by atoms with Crippen LogP contribution in [0.25, 0.3) is 33.5 Å². The lowest BCUT2D eigenvalue weighted by atomic mass is 9.78. The van der Waals surface area contributed by atoms with Gasteiger partial charge in [0.15, 0.2) is 6.20 Å². The van der Waals surface area contributed by atoms with Gasteiger partial charge in [-0.05, 0) is 73.6 Å². The number of aromatic nitrogens is 2. The molecule has 0 unspecified atom stereocenters. The fraction of sp³-hybridized carbons (Fsp3) is 0.290. The Morgan fingerprint density at radius 2 is 1.48 bits per heavy atom. The Labute approximate surface area is 197 Å². The molecule has 2 aliphatic carbocycles. The number of pyridine rings is 2. The van der Waals surface area contributed by atoms with Crippen LogP contribution in [0.1, 0.15) is 53.8 Å². The van der Waals surface area contributed by atoms with E-state index < -0.39 is 0 Å². The molecule has 2 aliphatic rings. The molecule has 2 aromatic heterocycles. The van der Waals surface area contributed by atoms with E-state index in [1.807, 2.05) is 0 Å². The largest absolute Gasteiger partial charge is 0.257 e. The molecule has 6 rings (SSSR count). The Kier molecular flexibility index (Phi) is 4.55. The first-order valence-corrected chi connectivity index (χ1v) is 12.2. The summed E-state index contributed by atoms with van der Waals surface area (Å²) in [7, 11) is 2.18. The highest BCUT2D eigenvalue weighted by Gasteiger charge is 2.47. The van der Waals surface area contributed by atoms with Gasteiger partial charge in [0, 0.05) is 33.9 Å². The third kappa shape index (κ3) is 3.00. The standard InChI is InChI=1S/C31H31N2/c1-20-16-26-24-13-12-22(3)32-30(24)31(14-8-9-15-31)28(26)18-25(20)29-17-21(2)27(19-33(29)4)23-10-6-5-7-11-23/h5-7,10-13,16-19H,8-9,14-15H2,1-4H3/q+1. The van der Waals surface area contributed by atoms with Crippen LogP contribution in [0.15, 0.2) is 66.9 Å². The molecule has 164 valence electrons. The van der Waals surface area contributed by atoms with Gasteiger partial charge in [-0.1, -0.05) is 55.3 Å². The van der Waals surface area contributed by atoms with Crippen molar-refractivity contribution in [3.63, 3.8) is 0 Å². The van der Waals surface area contributed by atoms with Gasteiger partial charge in [-0.2, -0.15) is 0 Å². The molecule has 0 aliphatic heterocycles. The zero-order chi connectivity index (χ0) is 22.7. The fourth-order valence-corrected chi connectivity index (χ4v) is 6.29. The van der Waals surface area contributed by atoms with Crippen LogP contribution in [0.3, 0.4) is 0 Å². The van der Waals surface area contributed by atoms with Crippen molar-refractivity contribution in [1.82, 2.24) is 4.98 Å². The molecule has 0 N–H and O–H groups in total. The number of benzene rings is 2. The van der Waals surface area contributed by atoms with Crippen LogP contribution >= 0.6 is 0 Å². The lowest BCUT2D eigenvalue weighted by Crippen LogP contribution is -2.31. The summed E-state index contributed by atoms with van der Waals surface area (Å²) in [5.41, 5.74) is 14.6. The van der Waals surface area contributed by atoms with Crippen LogP contribution in [0.5, 0.6) is 0 Å². The Morgan fingerprint density at radius 1 is 0.758 bits per heavy atom. The van der Waals surface area contributed by atoms with Gasteiger partial charge in [0.1, 0.15) is 7.05 Å². The summed E-state index contributed by atoms with van der Waals surface area (Å²) < 4.78 is 2.30. The second kappa shape index (κ2) is 7.38. The summed E-state index contributed by atoms with van der Waals surface area (Å²) in [5.74, 6) is 0. The first kappa shape index (κ1) is 20.4. The summed E-state index contributed by atoms with van der Waals surface area (Å²) >= 11 is 0. The monoisotopic (exact) mass is 431 g/mol. The summed E-state index contributed by atoms with van der Waals surface area (Å²) in [6.07, 6.45) is 7.29. The number of hydrogen-bond acceptors (Lipinski definition) is 1. The van der Waals surface area contributed by atoms with Gasteiger partial charge in [-0.15, -0.1) is 0 Å². The molecule has 0 radical (unpaired) electrons. The lowest BCUT2D eigenvalue weighted by molar-refractivity contribution is -0.660. The second-order valence-electron chi connectivity index (χ2n) is 10.1. The molecule has 2 heterocycles. The minimum atomic E-state index is 0.0940. The molecule has 0 bridgehead atoms. The average Bonchev–Trinajstić information content (AvgIpc) is 3.40. The maximum Gasteiger partial charge on any atom is 0.212 e. The summed E-state index contributed by atoms with van der Waals surface area (Å²) in [6.45, 7) is 6.62. The lowest BCUT2D eigenvalue weighted by Gasteiger charge is -2.26. The van der Waals surface area contributed by atoms with E-state index in [9.17, 15) is 0 Å². The van der Waals surface area contributed by atoms with Gasteiger partial charge >= 0.3 is 0 Å². The smallest absolute Gasteiger partial charge is 0.212 e. The summed E-state index contributed by atoms with van der Waals surface area (Å²) in [5, 5.41) is 0. The first-order valence-electron chi connectivity index (χ1n) is 12.2. The van der Waals surface area contributed by atoms with Gasteiger partial charge in [0.2, 0.25) is 5.69 Å². The number of aryl methyl sites for hydroxylation is 4. The van der Waals surface area contributed by atoms with Crippen LogP contribution in [-0.4, -0.2) is 4.98 Å². The maximum atomic E-state index is 5.11. The van der Waals surface area contributed by atoms with E-state index in [1.165, 1.54) is 81.6 Å². The van der Waals surface area contributed by atoms with Gasteiger partial charge in [-0.25, -0.2) is 4.57 Å². The molecule has 2 nitrogen and oxygen atoms in total. The van der Waals surface area contributed by atoms with Gasteiger partial charge in [0.05, 0.1) is 5.69 Å². The molecule has 4 aromatic rings. The number of fused-ring (bicyclic) bond motifs is 5. The third-order valence-electron chi connectivity index (χ3n) is 7.96. The Morgan fingerprint density at radius 3 is 2.24 bits per heavy atom. The predicted molar refractivity (Wildman–Crippen MR) is 135 cm³/mol. The molecular formula is C31H31N2+. The Hall–Kier alpha value is -3.26. The van der Waals surface area contributed by atoms with Crippen molar-refractivity contribution in [2.45, 2.75) is 51.9 Å². The van der Waals surface area contributed by atoms with Crippen LogP contribution in [-0.2, 0) is 12.5 Å². The van der Waals surface area contributed by atoms with Gasteiger partial charge in [0.25, 0.3) is 0 Å². The molecule has 1 saturated carbocycles. The highest BCUT2D eigenvalue weighted by atomic mass is 14.9. The van der Waals surface area contributed by atoms with Crippen molar-refractivity contribution in [1.29, 1.82) is 0 Å². The van der Waals surface area contributed by atoms with Crippen molar-refractivity contribution in [2.75, 3.05) is 0 Å². The van der Waals surface area contributed by atoms with Crippen molar-refractivity contribution in [3.8, 4) is 33.5 Å². The minimum absolute atomic E-state index is 0.0940. The average molecular weight is 432 g/mol. The number of hydrogen-bond donors (Lipinski definition) is 0. The van der Waals surface area contributed by atoms with E-state index in [0.29, 0.717) is 0 Å². The first-order chi connectivity index (χ1) is 16.0. The highest BCUT2D eigenvalue weighted by molar-refractivity contribution is 5.84. The molecular weight excluding hydrogens is 400 g/mol. The fourth-order valence-electron chi connectivity index (χ4n) is 6.29. The predicted octanol–water partition coefficient (Wildman–Crippen LogP) is 7.01. The van der Waals surface area contributed by atoms with Gasteiger partial charge in [-0.3, -0.25) is 4.98 Å². The summed E-state index contributed by atoms with van der Waals surface area (Å²) in [6, 6.07) is 22.5. The van der Waals surface area contributed by atoms with Crippen LogP contribution in [0, 0.1) is 20.8 Å².